The first-order valence-corrected chi connectivity index (χ1v) is 6.16. The molecule has 0 saturated heterocycles. The van der Waals surface area contributed by atoms with Gasteiger partial charge in [0.15, 0.2) is 9.84 Å². The van der Waals surface area contributed by atoms with Crippen molar-refractivity contribution in [1.29, 1.82) is 0 Å². The Morgan fingerprint density at radius 2 is 1.73 bits per heavy atom. The van der Waals surface area contributed by atoms with Crippen LogP contribution in [-0.2, 0) is 9.84 Å². The Kier molecular flexibility index (Phi) is 2.58. The fourth-order valence-electron chi connectivity index (χ4n) is 1.92. The molecule has 0 aromatic rings. The Labute approximate surface area is 68.9 Å². The smallest absolute Gasteiger partial charge is 0.150 e. The highest BCUT2D eigenvalue weighted by atomic mass is 32.2. The minimum absolute atomic E-state index is 0.0590. The van der Waals surface area contributed by atoms with E-state index in [1.54, 1.807) is 0 Å². The Hall–Kier alpha value is -0.0500. The summed E-state index contributed by atoms with van der Waals surface area (Å²) in [4.78, 5) is 0. The molecule has 1 rings (SSSR count). The lowest BCUT2D eigenvalue weighted by atomic mass is 9.90. The Morgan fingerprint density at radius 3 is 2.09 bits per heavy atom. The summed E-state index contributed by atoms with van der Waals surface area (Å²) in [7, 11) is -2.78. The molecule has 11 heavy (non-hydrogen) atoms. The Morgan fingerprint density at radius 1 is 1.18 bits per heavy atom. The van der Waals surface area contributed by atoms with E-state index < -0.39 is 9.84 Å². The molecule has 3 heteroatoms. The van der Waals surface area contributed by atoms with Crippen LogP contribution in [0, 0.1) is 5.92 Å². The fourth-order valence-corrected chi connectivity index (χ4v) is 3.49. The van der Waals surface area contributed by atoms with Crippen molar-refractivity contribution in [2.24, 2.45) is 5.92 Å². The first-order chi connectivity index (χ1) is 5.02. The summed E-state index contributed by atoms with van der Waals surface area (Å²) in [6.45, 7) is 2.05. The van der Waals surface area contributed by atoms with Gasteiger partial charge in [-0.15, -0.1) is 0 Å². The van der Waals surface area contributed by atoms with Gasteiger partial charge in [-0.1, -0.05) is 19.8 Å². The third kappa shape index (κ3) is 2.19. The first kappa shape index (κ1) is 9.04. The van der Waals surface area contributed by atoms with Crippen LogP contribution in [0.1, 0.15) is 32.6 Å². The third-order valence-electron chi connectivity index (χ3n) is 2.58. The minimum atomic E-state index is -2.78. The zero-order valence-electron chi connectivity index (χ0n) is 7.21. The highest BCUT2D eigenvalue weighted by molar-refractivity contribution is 7.91. The van der Waals surface area contributed by atoms with Gasteiger partial charge in [-0.05, 0) is 18.8 Å². The molecule has 0 aromatic heterocycles. The standard InChI is InChI=1S/C8H16O2S/c1-7-5-3-4-6-8(7)11(2,9)10/h7-8H,3-6H2,1-2H3. The van der Waals surface area contributed by atoms with E-state index in [9.17, 15) is 8.42 Å². The largest absolute Gasteiger partial charge is 0.229 e. The lowest BCUT2D eigenvalue weighted by Crippen LogP contribution is -2.30. The van der Waals surface area contributed by atoms with Crippen LogP contribution in [0.5, 0.6) is 0 Å². The zero-order chi connectivity index (χ0) is 8.48. The summed E-state index contributed by atoms with van der Waals surface area (Å²) in [6.07, 6.45) is 5.60. The van der Waals surface area contributed by atoms with Crippen molar-refractivity contribution >= 4 is 9.84 Å². The van der Waals surface area contributed by atoms with Crippen molar-refractivity contribution in [1.82, 2.24) is 0 Å². The van der Waals surface area contributed by atoms with E-state index >= 15 is 0 Å². The molecule has 0 amide bonds. The summed E-state index contributed by atoms with van der Waals surface area (Å²) in [5, 5.41) is -0.0590. The molecule has 2 atom stereocenters. The molecule has 0 radical (unpaired) electrons. The highest BCUT2D eigenvalue weighted by Gasteiger charge is 2.29. The average Bonchev–Trinajstić information content (AvgIpc) is 1.86. The molecular formula is C8H16O2S. The van der Waals surface area contributed by atoms with Crippen molar-refractivity contribution in [3.8, 4) is 0 Å². The molecule has 1 saturated carbocycles. The van der Waals surface area contributed by atoms with Gasteiger partial charge in [0.1, 0.15) is 0 Å². The van der Waals surface area contributed by atoms with Crippen LogP contribution < -0.4 is 0 Å². The van der Waals surface area contributed by atoms with Gasteiger partial charge in [0, 0.05) is 6.26 Å². The van der Waals surface area contributed by atoms with E-state index in [4.69, 9.17) is 0 Å². The molecule has 1 aliphatic carbocycles. The fraction of sp³-hybridized carbons (Fsp3) is 1.00. The van der Waals surface area contributed by atoms with Crippen molar-refractivity contribution in [2.75, 3.05) is 6.26 Å². The SMILES string of the molecule is CC1CCCCC1S(C)(=O)=O. The molecule has 1 fully saturated rings. The van der Waals surface area contributed by atoms with E-state index in [1.807, 2.05) is 6.92 Å². The van der Waals surface area contributed by atoms with Crippen LogP contribution in [0.4, 0.5) is 0 Å². The van der Waals surface area contributed by atoms with Gasteiger partial charge < -0.3 is 0 Å². The maximum Gasteiger partial charge on any atom is 0.150 e. The summed E-state index contributed by atoms with van der Waals surface area (Å²) >= 11 is 0. The van der Waals surface area contributed by atoms with Crippen LogP contribution in [-0.4, -0.2) is 19.9 Å². The van der Waals surface area contributed by atoms with Gasteiger partial charge in [-0.2, -0.15) is 0 Å². The van der Waals surface area contributed by atoms with Crippen LogP contribution in [0.2, 0.25) is 0 Å². The van der Waals surface area contributed by atoms with Gasteiger partial charge in [-0.3, -0.25) is 0 Å². The molecule has 0 bridgehead atoms. The molecule has 2 nitrogen and oxygen atoms in total. The predicted molar refractivity (Wildman–Crippen MR) is 46.3 cm³/mol. The van der Waals surface area contributed by atoms with E-state index in [-0.39, 0.29) is 5.25 Å². The van der Waals surface area contributed by atoms with Crippen LogP contribution in [0.25, 0.3) is 0 Å². The van der Waals surface area contributed by atoms with Gasteiger partial charge in [0.2, 0.25) is 0 Å². The van der Waals surface area contributed by atoms with E-state index in [0.717, 1.165) is 19.3 Å². The van der Waals surface area contributed by atoms with Gasteiger partial charge >= 0.3 is 0 Å². The summed E-state index contributed by atoms with van der Waals surface area (Å²) in [5.41, 5.74) is 0. The monoisotopic (exact) mass is 176 g/mol. The number of hydrogen-bond acceptors (Lipinski definition) is 2. The van der Waals surface area contributed by atoms with Gasteiger partial charge in [0.05, 0.1) is 5.25 Å². The number of hydrogen-bond donors (Lipinski definition) is 0. The second kappa shape index (κ2) is 3.13. The predicted octanol–water partition coefficient (Wildman–Crippen LogP) is 1.61. The zero-order valence-corrected chi connectivity index (χ0v) is 8.02. The number of sulfone groups is 1. The van der Waals surface area contributed by atoms with Gasteiger partial charge in [0.25, 0.3) is 0 Å². The Bertz CT molecular complexity index is 218. The second-order valence-corrected chi connectivity index (χ2v) is 5.89. The quantitative estimate of drug-likeness (QED) is 0.608. The minimum Gasteiger partial charge on any atom is -0.229 e. The lowest BCUT2D eigenvalue weighted by molar-refractivity contribution is 0.382. The van der Waals surface area contributed by atoms with E-state index in [0.29, 0.717) is 5.92 Å². The lowest BCUT2D eigenvalue weighted by Gasteiger charge is -2.26. The van der Waals surface area contributed by atoms with Crippen LogP contribution in [0.15, 0.2) is 0 Å². The van der Waals surface area contributed by atoms with Crippen molar-refractivity contribution in [2.45, 2.75) is 37.9 Å². The van der Waals surface area contributed by atoms with Crippen LogP contribution in [0.3, 0.4) is 0 Å². The molecule has 0 heterocycles. The normalized spacial score (nSPS) is 33.6. The average molecular weight is 176 g/mol. The molecule has 0 N–H and O–H groups in total. The molecule has 0 aliphatic heterocycles. The second-order valence-electron chi connectivity index (χ2n) is 3.63. The molecule has 2 unspecified atom stereocenters. The van der Waals surface area contributed by atoms with E-state index in [1.165, 1.54) is 12.7 Å². The molecule has 66 valence electrons. The highest BCUT2D eigenvalue weighted by Crippen LogP contribution is 2.28. The van der Waals surface area contributed by atoms with Crippen molar-refractivity contribution in [3.63, 3.8) is 0 Å². The summed E-state index contributed by atoms with van der Waals surface area (Å²) in [5.74, 6) is 0.374. The molecule has 0 aromatic carbocycles. The van der Waals surface area contributed by atoms with E-state index in [2.05, 4.69) is 0 Å². The van der Waals surface area contributed by atoms with Crippen molar-refractivity contribution < 1.29 is 8.42 Å². The maximum absolute atomic E-state index is 11.2. The topological polar surface area (TPSA) is 34.1 Å². The summed E-state index contributed by atoms with van der Waals surface area (Å²) in [6, 6.07) is 0. The maximum atomic E-state index is 11.2. The van der Waals surface area contributed by atoms with Crippen molar-refractivity contribution in [3.05, 3.63) is 0 Å². The molecular weight excluding hydrogens is 160 g/mol. The van der Waals surface area contributed by atoms with Crippen LogP contribution >= 0.6 is 0 Å². The Balaban J connectivity index is 2.70. The third-order valence-corrected chi connectivity index (χ3v) is 4.38. The molecule has 1 aliphatic rings. The number of rotatable bonds is 1. The van der Waals surface area contributed by atoms with Gasteiger partial charge in [-0.25, -0.2) is 8.42 Å². The first-order valence-electron chi connectivity index (χ1n) is 4.20. The molecule has 0 spiro atoms. The summed E-state index contributed by atoms with van der Waals surface area (Å²) < 4.78 is 22.4.